The number of rotatable bonds is 5. The van der Waals surface area contributed by atoms with Crippen molar-refractivity contribution in [3.8, 4) is 11.3 Å². The number of hydrogen-bond donors (Lipinski definition) is 1. The van der Waals surface area contributed by atoms with Crippen LogP contribution in [-0.4, -0.2) is 15.0 Å². The van der Waals surface area contributed by atoms with E-state index >= 15 is 0 Å². The Balaban J connectivity index is 1.66. The summed E-state index contributed by atoms with van der Waals surface area (Å²) in [7, 11) is 0. The lowest BCUT2D eigenvalue weighted by Crippen LogP contribution is -2.12. The summed E-state index contributed by atoms with van der Waals surface area (Å²) in [5.74, 6) is 0. The highest BCUT2D eigenvalue weighted by Crippen LogP contribution is 2.19. The molecule has 3 aromatic rings. The second-order valence-electron chi connectivity index (χ2n) is 4.87. The van der Waals surface area contributed by atoms with Crippen LogP contribution in [0.4, 0.5) is 0 Å². The van der Waals surface area contributed by atoms with Gasteiger partial charge < -0.3 is 5.32 Å². The fraction of sp³-hybridized carbons (Fsp3) is 0.118. The Kier molecular flexibility index (Phi) is 4.73. The van der Waals surface area contributed by atoms with Crippen LogP contribution in [0.25, 0.3) is 11.3 Å². The largest absolute Gasteiger partial charge is 0.309 e. The molecule has 2 aromatic heterocycles. The normalized spacial score (nSPS) is 10.6. The number of hydrogen-bond acceptors (Lipinski definition) is 4. The van der Waals surface area contributed by atoms with Crippen molar-refractivity contribution in [2.24, 2.45) is 0 Å². The zero-order valence-electron chi connectivity index (χ0n) is 11.9. The van der Waals surface area contributed by atoms with E-state index in [4.69, 9.17) is 11.6 Å². The SMILES string of the molecule is Clc1nccc(-c2cccc(CNCc3ccncc3)c2)n1. The Hall–Kier alpha value is -2.30. The van der Waals surface area contributed by atoms with Crippen LogP contribution in [-0.2, 0) is 13.1 Å². The summed E-state index contributed by atoms with van der Waals surface area (Å²) in [6.07, 6.45) is 5.27. The van der Waals surface area contributed by atoms with Gasteiger partial charge in [-0.3, -0.25) is 4.98 Å². The monoisotopic (exact) mass is 310 g/mol. The molecule has 0 aliphatic carbocycles. The zero-order valence-corrected chi connectivity index (χ0v) is 12.7. The Bertz CT molecular complexity index is 746. The first-order chi connectivity index (χ1) is 10.8. The lowest BCUT2D eigenvalue weighted by molar-refractivity contribution is 0.693. The minimum Gasteiger partial charge on any atom is -0.309 e. The molecular formula is C17H15ClN4. The van der Waals surface area contributed by atoms with Crippen LogP contribution in [0.1, 0.15) is 11.1 Å². The molecule has 3 rings (SSSR count). The highest BCUT2D eigenvalue weighted by molar-refractivity contribution is 6.28. The van der Waals surface area contributed by atoms with Crippen molar-refractivity contribution in [2.45, 2.75) is 13.1 Å². The fourth-order valence-corrected chi connectivity index (χ4v) is 2.34. The van der Waals surface area contributed by atoms with Crippen LogP contribution in [0.5, 0.6) is 0 Å². The van der Waals surface area contributed by atoms with E-state index in [1.165, 1.54) is 11.1 Å². The van der Waals surface area contributed by atoms with Gasteiger partial charge in [0.05, 0.1) is 5.69 Å². The van der Waals surface area contributed by atoms with Crippen LogP contribution >= 0.6 is 11.6 Å². The maximum absolute atomic E-state index is 5.85. The molecule has 0 aliphatic heterocycles. The van der Waals surface area contributed by atoms with Gasteiger partial charge in [0, 0.05) is 37.2 Å². The Morgan fingerprint density at radius 1 is 0.909 bits per heavy atom. The van der Waals surface area contributed by atoms with Crippen LogP contribution in [0.15, 0.2) is 61.1 Å². The van der Waals surface area contributed by atoms with Crippen LogP contribution in [0.3, 0.4) is 0 Å². The van der Waals surface area contributed by atoms with Gasteiger partial charge in [-0.1, -0.05) is 18.2 Å². The third-order valence-electron chi connectivity index (χ3n) is 3.26. The van der Waals surface area contributed by atoms with Crippen molar-refractivity contribution in [3.05, 3.63) is 77.5 Å². The van der Waals surface area contributed by atoms with E-state index in [1.54, 1.807) is 18.6 Å². The third-order valence-corrected chi connectivity index (χ3v) is 3.44. The van der Waals surface area contributed by atoms with Crippen molar-refractivity contribution < 1.29 is 0 Å². The lowest BCUT2D eigenvalue weighted by atomic mass is 10.1. The second-order valence-corrected chi connectivity index (χ2v) is 5.21. The van der Waals surface area contributed by atoms with E-state index < -0.39 is 0 Å². The molecule has 0 unspecified atom stereocenters. The lowest BCUT2D eigenvalue weighted by Gasteiger charge is -2.07. The summed E-state index contributed by atoms with van der Waals surface area (Å²) < 4.78 is 0. The summed E-state index contributed by atoms with van der Waals surface area (Å²) in [5, 5.41) is 3.68. The average molecular weight is 311 g/mol. The first kappa shape index (κ1) is 14.6. The first-order valence-electron chi connectivity index (χ1n) is 6.99. The number of pyridine rings is 1. The molecule has 0 aliphatic rings. The molecule has 0 radical (unpaired) electrons. The molecular weight excluding hydrogens is 296 g/mol. The van der Waals surface area contributed by atoms with Crippen LogP contribution in [0, 0.1) is 0 Å². The van der Waals surface area contributed by atoms with Gasteiger partial charge in [-0.05, 0) is 47.0 Å². The van der Waals surface area contributed by atoms with Gasteiger partial charge in [-0.2, -0.15) is 0 Å². The molecule has 0 spiro atoms. The zero-order chi connectivity index (χ0) is 15.2. The summed E-state index contributed by atoms with van der Waals surface area (Å²) in [6, 6.07) is 14.1. The van der Waals surface area contributed by atoms with Gasteiger partial charge in [0.15, 0.2) is 0 Å². The van der Waals surface area contributed by atoms with E-state index in [2.05, 4.69) is 32.4 Å². The van der Waals surface area contributed by atoms with Crippen molar-refractivity contribution in [2.75, 3.05) is 0 Å². The number of nitrogens with zero attached hydrogens (tertiary/aromatic N) is 3. The Labute approximate surface area is 134 Å². The van der Waals surface area contributed by atoms with E-state index in [9.17, 15) is 0 Å². The molecule has 0 amide bonds. The van der Waals surface area contributed by atoms with E-state index in [0.717, 1.165) is 24.3 Å². The van der Waals surface area contributed by atoms with E-state index in [0.29, 0.717) is 0 Å². The second kappa shape index (κ2) is 7.11. The molecule has 0 saturated heterocycles. The molecule has 2 heterocycles. The third kappa shape index (κ3) is 3.87. The topological polar surface area (TPSA) is 50.7 Å². The molecule has 22 heavy (non-hydrogen) atoms. The quantitative estimate of drug-likeness (QED) is 0.733. The van der Waals surface area contributed by atoms with Crippen molar-refractivity contribution in [1.82, 2.24) is 20.3 Å². The molecule has 0 saturated carbocycles. The Morgan fingerprint density at radius 2 is 1.73 bits per heavy atom. The minimum absolute atomic E-state index is 0.263. The van der Waals surface area contributed by atoms with Gasteiger partial charge in [-0.15, -0.1) is 0 Å². The van der Waals surface area contributed by atoms with Gasteiger partial charge in [0.2, 0.25) is 5.28 Å². The predicted octanol–water partition coefficient (Wildman–Crippen LogP) is 3.48. The van der Waals surface area contributed by atoms with Crippen LogP contribution in [0.2, 0.25) is 5.28 Å². The first-order valence-corrected chi connectivity index (χ1v) is 7.36. The summed E-state index contributed by atoms with van der Waals surface area (Å²) >= 11 is 5.85. The van der Waals surface area contributed by atoms with Crippen LogP contribution < -0.4 is 5.32 Å². The standard InChI is InChI=1S/C17H15ClN4/c18-17-21-9-6-16(22-17)15-3-1-2-14(10-15)12-20-11-13-4-7-19-8-5-13/h1-10,20H,11-12H2. The maximum Gasteiger partial charge on any atom is 0.222 e. The van der Waals surface area contributed by atoms with Gasteiger partial charge >= 0.3 is 0 Å². The minimum atomic E-state index is 0.263. The molecule has 0 atom stereocenters. The summed E-state index contributed by atoms with van der Waals surface area (Å²) in [4.78, 5) is 12.2. The average Bonchev–Trinajstić information content (AvgIpc) is 2.56. The molecule has 1 aromatic carbocycles. The van der Waals surface area contributed by atoms with Crippen molar-refractivity contribution in [1.29, 1.82) is 0 Å². The molecule has 110 valence electrons. The van der Waals surface area contributed by atoms with Gasteiger partial charge in [0.1, 0.15) is 0 Å². The van der Waals surface area contributed by atoms with Crippen molar-refractivity contribution in [3.63, 3.8) is 0 Å². The number of nitrogens with one attached hydrogen (secondary N) is 1. The fourth-order valence-electron chi connectivity index (χ4n) is 2.19. The maximum atomic E-state index is 5.85. The molecule has 5 heteroatoms. The van der Waals surface area contributed by atoms with Gasteiger partial charge in [-0.25, -0.2) is 9.97 Å². The molecule has 0 fully saturated rings. The summed E-state index contributed by atoms with van der Waals surface area (Å²) in [6.45, 7) is 1.60. The van der Waals surface area contributed by atoms with E-state index in [1.807, 2.05) is 30.3 Å². The number of aromatic nitrogens is 3. The van der Waals surface area contributed by atoms with E-state index in [-0.39, 0.29) is 5.28 Å². The molecule has 4 nitrogen and oxygen atoms in total. The highest BCUT2D eigenvalue weighted by Gasteiger charge is 2.02. The highest BCUT2D eigenvalue weighted by atomic mass is 35.5. The smallest absolute Gasteiger partial charge is 0.222 e. The molecule has 0 bridgehead atoms. The van der Waals surface area contributed by atoms with Crippen molar-refractivity contribution >= 4 is 11.6 Å². The predicted molar refractivity (Wildman–Crippen MR) is 87.3 cm³/mol. The number of benzene rings is 1. The van der Waals surface area contributed by atoms with Gasteiger partial charge in [0.25, 0.3) is 0 Å². The molecule has 1 N–H and O–H groups in total. The number of halogens is 1. The summed E-state index contributed by atoms with van der Waals surface area (Å²) in [5.41, 5.74) is 4.28. The Morgan fingerprint density at radius 3 is 2.55 bits per heavy atom.